The average Bonchev–Trinajstić information content (AvgIpc) is 2.84. The van der Waals surface area contributed by atoms with Gasteiger partial charge in [0, 0.05) is 0 Å². The topological polar surface area (TPSA) is 68.2 Å². The molecular formula is C14H18O5. The maximum atomic E-state index is 10.3. The van der Waals surface area contributed by atoms with E-state index in [2.05, 4.69) is 0 Å². The van der Waals surface area contributed by atoms with Gasteiger partial charge in [-0.2, -0.15) is 0 Å². The lowest BCUT2D eigenvalue weighted by Crippen LogP contribution is -2.37. The number of aliphatic hydroxyl groups excluding tert-OH is 2. The molecule has 5 atom stereocenters. The van der Waals surface area contributed by atoms with E-state index in [1.807, 2.05) is 18.2 Å². The van der Waals surface area contributed by atoms with Crippen LogP contribution in [0.1, 0.15) is 25.5 Å². The highest BCUT2D eigenvalue weighted by atomic mass is 16.8. The Kier molecular flexibility index (Phi) is 3.11. The summed E-state index contributed by atoms with van der Waals surface area (Å²) in [6.07, 6.45) is -3.75. The molecule has 5 heteroatoms. The fraction of sp³-hybridized carbons (Fsp3) is 0.571. The summed E-state index contributed by atoms with van der Waals surface area (Å²) in [5.74, 6) is -0.765. The number of hydrogen-bond acceptors (Lipinski definition) is 5. The molecule has 104 valence electrons. The zero-order chi connectivity index (χ0) is 13.6. The molecule has 0 radical (unpaired) electrons. The molecule has 2 aliphatic rings. The van der Waals surface area contributed by atoms with E-state index in [0.29, 0.717) is 5.56 Å². The van der Waals surface area contributed by atoms with Gasteiger partial charge in [0.05, 0.1) is 0 Å². The van der Waals surface area contributed by atoms with Gasteiger partial charge in [0.1, 0.15) is 24.4 Å². The number of aliphatic hydroxyl groups is 2. The van der Waals surface area contributed by atoms with Crippen molar-refractivity contribution >= 4 is 0 Å². The Bertz CT molecular complexity index is 446. The smallest absolute Gasteiger partial charge is 0.190 e. The van der Waals surface area contributed by atoms with Gasteiger partial charge in [-0.3, -0.25) is 0 Å². The summed E-state index contributed by atoms with van der Waals surface area (Å²) >= 11 is 0. The summed E-state index contributed by atoms with van der Waals surface area (Å²) in [4.78, 5) is 0. The molecule has 1 aromatic carbocycles. The van der Waals surface area contributed by atoms with Crippen molar-refractivity contribution in [3.05, 3.63) is 35.9 Å². The Balaban J connectivity index is 1.75. The van der Waals surface area contributed by atoms with Crippen LogP contribution in [-0.4, -0.2) is 40.6 Å². The lowest BCUT2D eigenvalue weighted by Gasteiger charge is -2.26. The van der Waals surface area contributed by atoms with E-state index in [-0.39, 0.29) is 0 Å². The van der Waals surface area contributed by atoms with Crippen molar-refractivity contribution in [3.63, 3.8) is 0 Å². The van der Waals surface area contributed by atoms with E-state index in [0.717, 1.165) is 0 Å². The Morgan fingerprint density at radius 2 is 1.84 bits per heavy atom. The Morgan fingerprint density at radius 1 is 1.16 bits per heavy atom. The summed E-state index contributed by atoms with van der Waals surface area (Å²) in [7, 11) is 0. The SMILES string of the molecule is CC1(C)O[C@H]2O[C@H]([C@H](O)c3ccccc3)[C@H](O)[C@H]2O1. The molecule has 0 bridgehead atoms. The van der Waals surface area contributed by atoms with Gasteiger partial charge < -0.3 is 24.4 Å². The third-order valence-electron chi connectivity index (χ3n) is 3.50. The van der Waals surface area contributed by atoms with E-state index >= 15 is 0 Å². The molecule has 0 aromatic heterocycles. The van der Waals surface area contributed by atoms with Crippen LogP contribution in [0.15, 0.2) is 30.3 Å². The van der Waals surface area contributed by atoms with Gasteiger partial charge in [-0.15, -0.1) is 0 Å². The minimum Gasteiger partial charge on any atom is -0.387 e. The first-order chi connectivity index (χ1) is 8.98. The molecule has 2 fully saturated rings. The molecule has 3 rings (SSSR count). The zero-order valence-electron chi connectivity index (χ0n) is 10.9. The molecule has 19 heavy (non-hydrogen) atoms. The second kappa shape index (κ2) is 4.54. The third-order valence-corrected chi connectivity index (χ3v) is 3.50. The van der Waals surface area contributed by atoms with Crippen LogP contribution in [0.25, 0.3) is 0 Å². The van der Waals surface area contributed by atoms with Crippen LogP contribution in [0.5, 0.6) is 0 Å². The van der Waals surface area contributed by atoms with Gasteiger partial charge in [-0.25, -0.2) is 0 Å². The van der Waals surface area contributed by atoms with Crippen molar-refractivity contribution in [1.82, 2.24) is 0 Å². The van der Waals surface area contributed by atoms with Crippen LogP contribution >= 0.6 is 0 Å². The summed E-state index contributed by atoms with van der Waals surface area (Å²) < 4.78 is 16.7. The summed E-state index contributed by atoms with van der Waals surface area (Å²) in [5.41, 5.74) is 0.700. The van der Waals surface area contributed by atoms with Crippen molar-refractivity contribution in [3.8, 4) is 0 Å². The highest BCUT2D eigenvalue weighted by Crippen LogP contribution is 2.40. The number of ether oxygens (including phenoxy) is 3. The van der Waals surface area contributed by atoms with Crippen LogP contribution in [-0.2, 0) is 14.2 Å². The summed E-state index contributed by atoms with van der Waals surface area (Å²) in [5, 5.41) is 20.5. The van der Waals surface area contributed by atoms with Crippen molar-refractivity contribution in [2.45, 2.75) is 50.3 Å². The lowest BCUT2D eigenvalue weighted by atomic mass is 9.99. The standard InChI is InChI=1S/C14H18O5/c1-14(2)18-12-10(16)11(17-13(12)19-14)9(15)8-6-4-3-5-7-8/h3-7,9-13,15-16H,1-2H3/t9-,10+,11-,12-,13-/m1/s1. The van der Waals surface area contributed by atoms with Gasteiger partial charge in [0.15, 0.2) is 12.1 Å². The molecule has 2 heterocycles. The van der Waals surface area contributed by atoms with E-state index in [9.17, 15) is 10.2 Å². The largest absolute Gasteiger partial charge is 0.387 e. The molecule has 2 aliphatic heterocycles. The van der Waals surface area contributed by atoms with Crippen molar-refractivity contribution in [1.29, 1.82) is 0 Å². The quantitative estimate of drug-likeness (QED) is 0.834. The predicted octanol–water partition coefficient (Wildman–Crippen LogP) is 0.957. The number of benzene rings is 1. The first kappa shape index (κ1) is 13.0. The lowest BCUT2D eigenvalue weighted by molar-refractivity contribution is -0.226. The highest BCUT2D eigenvalue weighted by molar-refractivity contribution is 5.19. The Labute approximate surface area is 111 Å². The molecule has 0 unspecified atom stereocenters. The van der Waals surface area contributed by atoms with Gasteiger partial charge in [-0.1, -0.05) is 30.3 Å². The van der Waals surface area contributed by atoms with Gasteiger partial charge in [-0.05, 0) is 19.4 Å². The summed E-state index contributed by atoms with van der Waals surface area (Å²) in [6, 6.07) is 9.11. The fourth-order valence-corrected chi connectivity index (χ4v) is 2.62. The molecule has 2 N–H and O–H groups in total. The first-order valence-electron chi connectivity index (χ1n) is 6.40. The molecule has 0 spiro atoms. The van der Waals surface area contributed by atoms with Crippen LogP contribution in [0, 0.1) is 0 Å². The van der Waals surface area contributed by atoms with Gasteiger partial charge in [0.25, 0.3) is 0 Å². The maximum absolute atomic E-state index is 10.3. The molecule has 0 amide bonds. The maximum Gasteiger partial charge on any atom is 0.190 e. The van der Waals surface area contributed by atoms with Crippen molar-refractivity contribution in [2.75, 3.05) is 0 Å². The van der Waals surface area contributed by atoms with Gasteiger partial charge >= 0.3 is 0 Å². The summed E-state index contributed by atoms with van der Waals surface area (Å²) in [6.45, 7) is 3.54. The van der Waals surface area contributed by atoms with Gasteiger partial charge in [0.2, 0.25) is 0 Å². The second-order valence-electron chi connectivity index (χ2n) is 5.42. The normalized spacial score (nSPS) is 38.1. The third kappa shape index (κ3) is 2.28. The number of fused-ring (bicyclic) bond motifs is 1. The van der Waals surface area contributed by atoms with E-state index in [4.69, 9.17) is 14.2 Å². The molecule has 2 saturated heterocycles. The highest BCUT2D eigenvalue weighted by Gasteiger charge is 2.56. The van der Waals surface area contributed by atoms with Crippen LogP contribution in [0.4, 0.5) is 0 Å². The zero-order valence-corrected chi connectivity index (χ0v) is 10.9. The first-order valence-corrected chi connectivity index (χ1v) is 6.40. The fourth-order valence-electron chi connectivity index (χ4n) is 2.62. The van der Waals surface area contributed by atoms with E-state index in [1.165, 1.54) is 0 Å². The monoisotopic (exact) mass is 266 g/mol. The molecule has 5 nitrogen and oxygen atoms in total. The Morgan fingerprint density at radius 3 is 2.47 bits per heavy atom. The second-order valence-corrected chi connectivity index (χ2v) is 5.42. The Hall–Kier alpha value is -0.980. The predicted molar refractivity (Wildman–Crippen MR) is 66.1 cm³/mol. The average molecular weight is 266 g/mol. The van der Waals surface area contributed by atoms with E-state index < -0.39 is 36.5 Å². The van der Waals surface area contributed by atoms with Crippen molar-refractivity contribution in [2.24, 2.45) is 0 Å². The molecule has 1 aromatic rings. The molecule has 0 aliphatic carbocycles. The number of rotatable bonds is 2. The van der Waals surface area contributed by atoms with Crippen LogP contribution < -0.4 is 0 Å². The van der Waals surface area contributed by atoms with Crippen LogP contribution in [0.3, 0.4) is 0 Å². The minimum atomic E-state index is -0.915. The van der Waals surface area contributed by atoms with Crippen LogP contribution in [0.2, 0.25) is 0 Å². The minimum absolute atomic E-state index is 0.557. The molecule has 0 saturated carbocycles. The molecular weight excluding hydrogens is 248 g/mol. The number of hydrogen-bond donors (Lipinski definition) is 2. The van der Waals surface area contributed by atoms with E-state index in [1.54, 1.807) is 26.0 Å². The van der Waals surface area contributed by atoms with Crippen molar-refractivity contribution < 1.29 is 24.4 Å².